The summed E-state index contributed by atoms with van der Waals surface area (Å²) in [6.45, 7) is 5.08. The molecule has 0 saturated heterocycles. The molecule has 1 atom stereocenters. The van der Waals surface area contributed by atoms with Gasteiger partial charge in [0, 0.05) is 50.0 Å². The molecule has 0 spiro atoms. The van der Waals surface area contributed by atoms with Gasteiger partial charge in [-0.15, -0.1) is 11.3 Å². The molecule has 4 aromatic rings. The zero-order valence-electron chi connectivity index (χ0n) is 22.8. The van der Waals surface area contributed by atoms with Crippen LogP contribution in [0.15, 0.2) is 54.1 Å². The summed E-state index contributed by atoms with van der Waals surface area (Å²) in [5.74, 6) is 0.863. The molecule has 0 bridgehead atoms. The van der Waals surface area contributed by atoms with Crippen LogP contribution in [0.4, 0.5) is 15.3 Å². The van der Waals surface area contributed by atoms with Crippen molar-refractivity contribution in [3.63, 3.8) is 0 Å². The Balaban J connectivity index is 1.35. The molecule has 0 N–H and O–H groups in total. The molecule has 3 aromatic heterocycles. The largest absolute Gasteiger partial charge is 0.466 e. The number of carbonyl (C=O) groups excluding carboxylic acids is 1. The Morgan fingerprint density at radius 1 is 1.18 bits per heavy atom. The van der Waals surface area contributed by atoms with E-state index in [1.165, 1.54) is 36.0 Å². The molecule has 1 aromatic carbocycles. The topological polar surface area (TPSA) is 80.0 Å². The average Bonchev–Trinajstić information content (AvgIpc) is 3.60. The van der Waals surface area contributed by atoms with E-state index in [4.69, 9.17) is 14.7 Å². The van der Waals surface area contributed by atoms with E-state index in [1.807, 2.05) is 22.8 Å². The fourth-order valence-corrected chi connectivity index (χ4v) is 6.71. The van der Waals surface area contributed by atoms with Gasteiger partial charge in [-0.3, -0.25) is 9.20 Å². The second-order valence-corrected chi connectivity index (χ2v) is 12.0. The van der Waals surface area contributed by atoms with Crippen molar-refractivity contribution in [2.24, 2.45) is 0 Å². The third kappa shape index (κ3) is 6.16. The second-order valence-electron chi connectivity index (χ2n) is 9.55. The van der Waals surface area contributed by atoms with Gasteiger partial charge in [0.15, 0.2) is 5.13 Å². The van der Waals surface area contributed by atoms with Crippen molar-refractivity contribution >= 4 is 50.5 Å². The molecule has 1 unspecified atom stereocenters. The lowest BCUT2D eigenvalue weighted by Crippen LogP contribution is -2.32. The number of aromatic nitrogens is 3. The Hall–Kier alpha value is -3.41. The smallest absolute Gasteiger partial charge is 0.302 e. The molecule has 8 nitrogen and oxygen atoms in total. The zero-order chi connectivity index (χ0) is 28.2. The molecule has 1 aliphatic heterocycles. The maximum absolute atomic E-state index is 13.4. The molecule has 5 rings (SSSR count). The third-order valence-corrected chi connectivity index (χ3v) is 9.30. The number of nitrogens with zero attached hydrogens (tertiary/aromatic N) is 5. The van der Waals surface area contributed by atoms with Crippen LogP contribution < -0.4 is 4.90 Å². The predicted molar refractivity (Wildman–Crippen MR) is 159 cm³/mol. The van der Waals surface area contributed by atoms with Crippen molar-refractivity contribution in [1.82, 2.24) is 18.7 Å². The molecule has 1 aliphatic rings. The molecule has 0 radical (unpaired) electrons. The number of carbonyl (C=O) groups is 1. The summed E-state index contributed by atoms with van der Waals surface area (Å²) in [6, 6.07) is 10.5. The van der Waals surface area contributed by atoms with E-state index < -0.39 is 11.0 Å². The van der Waals surface area contributed by atoms with E-state index >= 15 is 0 Å². The monoisotopic (exact) mass is 581 g/mol. The van der Waals surface area contributed by atoms with Crippen LogP contribution in [-0.2, 0) is 26.9 Å². The van der Waals surface area contributed by atoms with Crippen molar-refractivity contribution < 1.29 is 18.1 Å². The van der Waals surface area contributed by atoms with E-state index in [0.29, 0.717) is 31.9 Å². The van der Waals surface area contributed by atoms with Gasteiger partial charge in [-0.2, -0.15) is 0 Å². The number of imidazole rings is 1. The molecule has 0 fully saturated rings. The van der Waals surface area contributed by atoms with Crippen LogP contribution in [0.5, 0.6) is 0 Å². The minimum absolute atomic E-state index is 0.268. The van der Waals surface area contributed by atoms with Gasteiger partial charge in [-0.1, -0.05) is 13.0 Å². The van der Waals surface area contributed by atoms with Gasteiger partial charge < -0.3 is 9.64 Å². The molecule has 4 heterocycles. The number of fused-ring (bicyclic) bond motifs is 1. The lowest BCUT2D eigenvalue weighted by atomic mass is 10.0. The summed E-state index contributed by atoms with van der Waals surface area (Å²) < 4.78 is 35.1. The van der Waals surface area contributed by atoms with Crippen molar-refractivity contribution in [3.05, 3.63) is 71.1 Å². The highest BCUT2D eigenvalue weighted by atomic mass is 32.2. The van der Waals surface area contributed by atoms with Crippen molar-refractivity contribution in [2.75, 3.05) is 37.4 Å². The van der Waals surface area contributed by atoms with Crippen molar-refractivity contribution in [2.45, 2.75) is 33.1 Å². The number of aryl methyl sites for hydroxylation is 1. The van der Waals surface area contributed by atoms with E-state index in [2.05, 4.69) is 34.6 Å². The van der Waals surface area contributed by atoms with Crippen LogP contribution in [0.25, 0.3) is 22.5 Å². The Morgan fingerprint density at radius 3 is 2.65 bits per heavy atom. The normalized spacial score (nSPS) is 14.8. The SMILES string of the molecule is CCc1nc2ccc(C3=CCN(S(=O)CCCOC(C)=O)CC3)cn2c1N(C)c1nc(-c2ccc(F)cc2)cs1. The highest BCUT2D eigenvalue weighted by Crippen LogP contribution is 2.34. The highest BCUT2D eigenvalue weighted by molar-refractivity contribution is 7.82. The predicted octanol–water partition coefficient (Wildman–Crippen LogP) is 5.63. The summed E-state index contributed by atoms with van der Waals surface area (Å²) in [5, 5.41) is 2.81. The fraction of sp³-hybridized carbons (Fsp3) is 0.345. The van der Waals surface area contributed by atoms with Gasteiger partial charge in [-0.25, -0.2) is 22.9 Å². The van der Waals surface area contributed by atoms with Crippen LogP contribution in [-0.4, -0.2) is 61.3 Å². The molecular formula is C29H32FN5O3S2. The summed E-state index contributed by atoms with van der Waals surface area (Å²) in [7, 11) is 0.891. The van der Waals surface area contributed by atoms with E-state index in [0.717, 1.165) is 52.0 Å². The number of anilines is 2. The molecule has 0 amide bonds. The van der Waals surface area contributed by atoms with Crippen LogP contribution in [0.2, 0.25) is 0 Å². The number of halogens is 1. The van der Waals surface area contributed by atoms with Gasteiger partial charge in [0.05, 0.1) is 29.0 Å². The number of rotatable bonds is 10. The van der Waals surface area contributed by atoms with E-state index in [-0.39, 0.29) is 11.8 Å². The molecule has 40 heavy (non-hydrogen) atoms. The first-order valence-corrected chi connectivity index (χ1v) is 15.4. The Morgan fingerprint density at radius 2 is 1.95 bits per heavy atom. The lowest BCUT2D eigenvalue weighted by Gasteiger charge is -2.25. The maximum atomic E-state index is 13.4. The number of hydrogen-bond acceptors (Lipinski definition) is 7. The summed E-state index contributed by atoms with van der Waals surface area (Å²) >= 11 is 1.54. The molecular weight excluding hydrogens is 549 g/mol. The van der Waals surface area contributed by atoms with Crippen molar-refractivity contribution in [3.8, 4) is 11.3 Å². The van der Waals surface area contributed by atoms with Crippen molar-refractivity contribution in [1.29, 1.82) is 0 Å². The van der Waals surface area contributed by atoms with Crippen LogP contribution in [0, 0.1) is 5.82 Å². The standard InChI is InChI=1S/C29H32FN5O3S2/c1-4-25-28(33(3)29-32-26(19-39-29)22-6-9-24(30)10-7-22)35-18-23(8-11-27(35)31-25)21-12-14-34(15-13-21)40(37)17-5-16-38-20(2)36/h6-12,18-19H,4-5,13-17H2,1-3H3. The van der Waals surface area contributed by atoms with Gasteiger partial charge >= 0.3 is 5.97 Å². The minimum Gasteiger partial charge on any atom is -0.466 e. The average molecular weight is 582 g/mol. The zero-order valence-corrected chi connectivity index (χ0v) is 24.4. The summed E-state index contributed by atoms with van der Waals surface area (Å²) in [4.78, 5) is 22.7. The molecule has 0 aliphatic carbocycles. The molecule has 11 heteroatoms. The first-order chi connectivity index (χ1) is 19.3. The second kappa shape index (κ2) is 12.4. The van der Waals surface area contributed by atoms with E-state index in [1.54, 1.807) is 12.1 Å². The van der Waals surface area contributed by atoms with E-state index in [9.17, 15) is 13.4 Å². The number of ether oxygens (including phenoxy) is 1. The number of benzene rings is 1. The lowest BCUT2D eigenvalue weighted by molar-refractivity contribution is -0.140. The molecule has 210 valence electrons. The summed E-state index contributed by atoms with van der Waals surface area (Å²) in [6.07, 6.45) is 6.41. The molecule has 0 saturated carbocycles. The van der Waals surface area contributed by atoms with Crippen LogP contribution >= 0.6 is 11.3 Å². The number of pyridine rings is 1. The number of thiazole rings is 1. The fourth-order valence-electron chi connectivity index (χ4n) is 4.75. The number of esters is 1. The Labute approximate surface area is 239 Å². The van der Waals surface area contributed by atoms with Gasteiger partial charge in [0.25, 0.3) is 0 Å². The Kier molecular flexibility index (Phi) is 8.72. The quantitative estimate of drug-likeness (QED) is 0.178. The highest BCUT2D eigenvalue weighted by Gasteiger charge is 2.22. The van der Waals surface area contributed by atoms with Gasteiger partial charge in [0.1, 0.15) is 17.3 Å². The summed E-state index contributed by atoms with van der Waals surface area (Å²) in [5.41, 5.74) is 5.84. The minimum atomic E-state index is -1.11. The van der Waals surface area contributed by atoms with Gasteiger partial charge in [0.2, 0.25) is 0 Å². The third-order valence-electron chi connectivity index (χ3n) is 6.83. The van der Waals surface area contributed by atoms with Crippen LogP contribution in [0.1, 0.15) is 37.9 Å². The van der Waals surface area contributed by atoms with Gasteiger partial charge in [-0.05, 0) is 66.8 Å². The first kappa shape index (κ1) is 28.1. The van der Waals surface area contributed by atoms with Crippen LogP contribution in [0.3, 0.4) is 0 Å². The maximum Gasteiger partial charge on any atom is 0.302 e. The first-order valence-electron chi connectivity index (χ1n) is 13.3. The number of hydrogen-bond donors (Lipinski definition) is 0. The Bertz CT molecular complexity index is 1560.